The Labute approximate surface area is 104 Å². The van der Waals surface area contributed by atoms with Crippen molar-refractivity contribution in [3.05, 3.63) is 17.7 Å². The number of aromatic nitrogens is 2. The molecule has 0 aromatic carbocycles. The van der Waals surface area contributed by atoms with Crippen LogP contribution < -0.4 is 5.32 Å². The van der Waals surface area contributed by atoms with E-state index in [0.29, 0.717) is 5.92 Å². The van der Waals surface area contributed by atoms with Crippen molar-refractivity contribution in [3.8, 4) is 0 Å². The molecule has 0 amide bonds. The fraction of sp³-hybridized carbons (Fsp3) is 0.786. The van der Waals surface area contributed by atoms with Gasteiger partial charge in [0.05, 0.1) is 12.0 Å². The van der Waals surface area contributed by atoms with Crippen molar-refractivity contribution in [1.82, 2.24) is 14.9 Å². The molecule has 94 valence electrons. The molecule has 3 nitrogen and oxygen atoms in total. The predicted molar refractivity (Wildman–Crippen MR) is 69.1 cm³/mol. The molecule has 1 aromatic rings. The lowest BCUT2D eigenvalue weighted by molar-refractivity contribution is 0.433. The number of fused-ring (bicyclic) bond motifs is 1. The molecule has 1 heterocycles. The lowest BCUT2D eigenvalue weighted by atomic mass is 10.0. The minimum atomic E-state index is 0.704. The van der Waals surface area contributed by atoms with Crippen molar-refractivity contribution in [2.45, 2.75) is 58.0 Å². The fourth-order valence-electron chi connectivity index (χ4n) is 2.74. The third kappa shape index (κ3) is 2.71. The van der Waals surface area contributed by atoms with E-state index < -0.39 is 0 Å². The summed E-state index contributed by atoms with van der Waals surface area (Å²) in [5.41, 5.74) is 2.87. The Morgan fingerprint density at radius 3 is 3.06 bits per heavy atom. The molecular weight excluding hydrogens is 210 g/mol. The van der Waals surface area contributed by atoms with Gasteiger partial charge < -0.3 is 9.88 Å². The van der Waals surface area contributed by atoms with E-state index in [-0.39, 0.29) is 0 Å². The monoisotopic (exact) mass is 233 g/mol. The highest BCUT2D eigenvalue weighted by atomic mass is 15.1. The van der Waals surface area contributed by atoms with E-state index in [1.165, 1.54) is 49.9 Å². The molecule has 1 atom stereocenters. The van der Waals surface area contributed by atoms with Crippen LogP contribution in [0.5, 0.6) is 0 Å². The second kappa shape index (κ2) is 4.81. The first-order valence-electron chi connectivity index (χ1n) is 7.09. The van der Waals surface area contributed by atoms with Gasteiger partial charge in [-0.05, 0) is 51.0 Å². The topological polar surface area (TPSA) is 29.9 Å². The summed E-state index contributed by atoms with van der Waals surface area (Å²) in [6.07, 6.45) is 9.91. The number of nitrogens with one attached hydrogen (secondary N) is 1. The van der Waals surface area contributed by atoms with Crippen molar-refractivity contribution in [3.63, 3.8) is 0 Å². The number of imidazole rings is 1. The number of rotatable bonds is 5. The summed E-state index contributed by atoms with van der Waals surface area (Å²) in [5, 5.41) is 3.62. The van der Waals surface area contributed by atoms with Gasteiger partial charge >= 0.3 is 0 Å². The average Bonchev–Trinajstić information content (AvgIpc) is 3.10. The third-order valence-corrected chi connectivity index (χ3v) is 3.95. The van der Waals surface area contributed by atoms with Gasteiger partial charge in [0.15, 0.2) is 0 Å². The summed E-state index contributed by atoms with van der Waals surface area (Å²) in [6.45, 7) is 4.62. The van der Waals surface area contributed by atoms with Crippen molar-refractivity contribution in [2.75, 3.05) is 6.54 Å². The summed E-state index contributed by atoms with van der Waals surface area (Å²) in [7, 11) is 0. The van der Waals surface area contributed by atoms with E-state index in [0.717, 1.165) is 19.1 Å². The van der Waals surface area contributed by atoms with Crippen LogP contribution >= 0.6 is 0 Å². The predicted octanol–water partition coefficient (Wildman–Crippen LogP) is 2.15. The Kier molecular flexibility index (Phi) is 3.19. The Hall–Kier alpha value is -0.830. The van der Waals surface area contributed by atoms with E-state index in [2.05, 4.69) is 28.1 Å². The van der Waals surface area contributed by atoms with Crippen molar-refractivity contribution in [2.24, 2.45) is 5.92 Å². The molecular formula is C14H23N3. The standard InChI is InChI=1S/C14H23N3/c1-11(8-15-12-6-7-12)9-17-10-16-13-4-2-3-5-14(13)17/h10-12,15H,2-9H2,1H3. The quantitative estimate of drug-likeness (QED) is 0.844. The Morgan fingerprint density at radius 2 is 2.24 bits per heavy atom. The minimum Gasteiger partial charge on any atom is -0.334 e. The molecule has 0 saturated heterocycles. The van der Waals surface area contributed by atoms with Gasteiger partial charge in [0, 0.05) is 18.3 Å². The molecule has 2 aliphatic rings. The highest BCUT2D eigenvalue weighted by molar-refractivity contribution is 5.16. The molecule has 1 unspecified atom stereocenters. The first-order valence-corrected chi connectivity index (χ1v) is 7.09. The summed E-state index contributed by atoms with van der Waals surface area (Å²) in [5.74, 6) is 0.704. The normalized spacial score (nSPS) is 21.2. The van der Waals surface area contributed by atoms with Gasteiger partial charge in [-0.3, -0.25) is 0 Å². The maximum absolute atomic E-state index is 4.56. The largest absolute Gasteiger partial charge is 0.334 e. The molecule has 1 saturated carbocycles. The number of hydrogen-bond donors (Lipinski definition) is 1. The van der Waals surface area contributed by atoms with Crippen LogP contribution in [0.3, 0.4) is 0 Å². The van der Waals surface area contributed by atoms with Gasteiger partial charge in [-0.25, -0.2) is 4.98 Å². The Balaban J connectivity index is 1.57. The van der Waals surface area contributed by atoms with E-state index in [9.17, 15) is 0 Å². The minimum absolute atomic E-state index is 0.704. The first-order chi connectivity index (χ1) is 8.33. The average molecular weight is 233 g/mol. The maximum Gasteiger partial charge on any atom is 0.0951 e. The van der Waals surface area contributed by atoms with E-state index >= 15 is 0 Å². The van der Waals surface area contributed by atoms with Crippen LogP contribution in [-0.4, -0.2) is 22.1 Å². The van der Waals surface area contributed by atoms with Crippen LogP contribution in [0.4, 0.5) is 0 Å². The van der Waals surface area contributed by atoms with E-state index in [4.69, 9.17) is 0 Å². The highest BCUT2D eigenvalue weighted by Gasteiger charge is 2.21. The van der Waals surface area contributed by atoms with Crippen molar-refractivity contribution >= 4 is 0 Å². The van der Waals surface area contributed by atoms with Crippen molar-refractivity contribution in [1.29, 1.82) is 0 Å². The second-order valence-electron chi connectivity index (χ2n) is 5.79. The molecule has 1 aromatic heterocycles. The molecule has 1 fully saturated rings. The van der Waals surface area contributed by atoms with Gasteiger partial charge in [0.1, 0.15) is 0 Å². The zero-order chi connectivity index (χ0) is 11.7. The zero-order valence-electron chi connectivity index (χ0n) is 10.8. The molecule has 2 aliphatic carbocycles. The summed E-state index contributed by atoms with van der Waals surface area (Å²) >= 11 is 0. The highest BCUT2D eigenvalue weighted by Crippen LogP contribution is 2.21. The van der Waals surface area contributed by atoms with Crippen LogP contribution in [0.15, 0.2) is 6.33 Å². The lowest BCUT2D eigenvalue weighted by Gasteiger charge is -2.17. The smallest absolute Gasteiger partial charge is 0.0951 e. The van der Waals surface area contributed by atoms with Crippen LogP contribution in [0.1, 0.15) is 44.0 Å². The number of aryl methyl sites for hydroxylation is 1. The first kappa shape index (κ1) is 11.3. The van der Waals surface area contributed by atoms with E-state index in [1.807, 2.05) is 0 Å². The second-order valence-corrected chi connectivity index (χ2v) is 5.79. The number of nitrogens with zero attached hydrogens (tertiary/aromatic N) is 2. The molecule has 17 heavy (non-hydrogen) atoms. The Morgan fingerprint density at radius 1 is 1.41 bits per heavy atom. The lowest BCUT2D eigenvalue weighted by Crippen LogP contribution is -2.26. The maximum atomic E-state index is 4.56. The molecule has 0 radical (unpaired) electrons. The van der Waals surface area contributed by atoms with Gasteiger partial charge in [-0.1, -0.05) is 6.92 Å². The molecule has 1 N–H and O–H groups in total. The molecule has 3 rings (SSSR count). The van der Waals surface area contributed by atoms with Crippen LogP contribution in [0.25, 0.3) is 0 Å². The molecule has 0 aliphatic heterocycles. The van der Waals surface area contributed by atoms with Crippen molar-refractivity contribution < 1.29 is 0 Å². The zero-order valence-corrected chi connectivity index (χ0v) is 10.8. The van der Waals surface area contributed by atoms with Crippen LogP contribution in [0.2, 0.25) is 0 Å². The SMILES string of the molecule is CC(CNC1CC1)Cn1cnc2c1CCCC2. The Bertz CT molecular complexity index is 379. The summed E-state index contributed by atoms with van der Waals surface area (Å²) < 4.78 is 2.40. The fourth-order valence-corrected chi connectivity index (χ4v) is 2.74. The summed E-state index contributed by atoms with van der Waals surface area (Å²) in [6, 6.07) is 0.828. The molecule has 3 heteroatoms. The third-order valence-electron chi connectivity index (χ3n) is 3.95. The molecule has 0 spiro atoms. The van der Waals surface area contributed by atoms with Gasteiger partial charge in [-0.2, -0.15) is 0 Å². The van der Waals surface area contributed by atoms with Gasteiger partial charge in [0.25, 0.3) is 0 Å². The summed E-state index contributed by atoms with van der Waals surface area (Å²) in [4.78, 5) is 4.56. The van der Waals surface area contributed by atoms with Crippen LogP contribution in [0, 0.1) is 5.92 Å². The molecule has 0 bridgehead atoms. The number of hydrogen-bond acceptors (Lipinski definition) is 2. The van der Waals surface area contributed by atoms with Crippen LogP contribution in [-0.2, 0) is 19.4 Å². The van der Waals surface area contributed by atoms with Gasteiger partial charge in [0.2, 0.25) is 0 Å². The van der Waals surface area contributed by atoms with Gasteiger partial charge in [-0.15, -0.1) is 0 Å². The van der Waals surface area contributed by atoms with E-state index in [1.54, 1.807) is 0 Å².